The lowest BCUT2D eigenvalue weighted by molar-refractivity contribution is -0.129. The Morgan fingerprint density at radius 3 is 2.68 bits per heavy atom. The summed E-state index contributed by atoms with van der Waals surface area (Å²) in [7, 11) is 1.84. The second-order valence-corrected chi connectivity index (χ2v) is 8.61. The molecule has 2 aliphatic heterocycles. The molecule has 2 aromatic heterocycles. The highest BCUT2D eigenvalue weighted by Gasteiger charge is 2.37. The van der Waals surface area contributed by atoms with Gasteiger partial charge in [0, 0.05) is 32.6 Å². The molecule has 166 valence electrons. The summed E-state index contributed by atoms with van der Waals surface area (Å²) in [5, 5.41) is 7.30. The van der Waals surface area contributed by atoms with Crippen molar-refractivity contribution in [2.75, 3.05) is 25.5 Å². The molecule has 31 heavy (non-hydrogen) atoms. The van der Waals surface area contributed by atoms with Crippen molar-refractivity contribution in [2.24, 2.45) is 0 Å². The maximum Gasteiger partial charge on any atom is 0.260 e. The Morgan fingerprint density at radius 2 is 2.00 bits per heavy atom. The molecule has 0 unspecified atom stereocenters. The lowest BCUT2D eigenvalue weighted by atomic mass is 10.0. The summed E-state index contributed by atoms with van der Waals surface area (Å²) in [5.41, 5.74) is 3.15. The molecule has 1 N–H and O–H groups in total. The summed E-state index contributed by atoms with van der Waals surface area (Å²) >= 11 is 0. The van der Waals surface area contributed by atoms with E-state index in [1.165, 1.54) is 0 Å². The number of nitrogens with one attached hydrogen (secondary N) is 1. The number of aromatic nitrogens is 3. The number of fused-ring (bicyclic) bond motifs is 1. The Balaban J connectivity index is 1.69. The largest absolute Gasteiger partial charge is 0.373 e. The van der Waals surface area contributed by atoms with Crippen LogP contribution < -0.4 is 5.32 Å². The highest BCUT2D eigenvalue weighted by atomic mass is 16.5. The van der Waals surface area contributed by atoms with Gasteiger partial charge in [0.15, 0.2) is 5.82 Å². The molecule has 4 heterocycles. The number of aryl methyl sites for hydroxylation is 1. The predicted molar refractivity (Wildman–Crippen MR) is 115 cm³/mol. The molecule has 0 radical (unpaired) electrons. The monoisotopic (exact) mass is 426 g/mol. The predicted octanol–water partition coefficient (Wildman–Crippen LogP) is 2.82. The Kier molecular flexibility index (Phi) is 5.68. The lowest BCUT2D eigenvalue weighted by Gasteiger charge is -2.30. The maximum atomic E-state index is 13.5. The molecule has 2 aliphatic rings. The normalized spacial score (nSPS) is 18.5. The van der Waals surface area contributed by atoms with Crippen molar-refractivity contribution in [1.29, 1.82) is 0 Å². The van der Waals surface area contributed by atoms with Crippen LogP contribution in [0, 0.1) is 6.92 Å². The minimum Gasteiger partial charge on any atom is -0.373 e. The molecule has 0 saturated carbocycles. The molecule has 0 spiro atoms. The molecule has 0 bridgehead atoms. The quantitative estimate of drug-likeness (QED) is 0.801. The zero-order valence-electron chi connectivity index (χ0n) is 18.9. The van der Waals surface area contributed by atoms with Crippen molar-refractivity contribution in [2.45, 2.75) is 65.5 Å². The van der Waals surface area contributed by atoms with Crippen LogP contribution in [-0.2, 0) is 17.8 Å². The Labute approximate surface area is 182 Å². The molecule has 2 aromatic rings. The van der Waals surface area contributed by atoms with Gasteiger partial charge >= 0.3 is 0 Å². The third-order valence-corrected chi connectivity index (χ3v) is 6.23. The van der Waals surface area contributed by atoms with E-state index in [0.29, 0.717) is 42.5 Å². The van der Waals surface area contributed by atoms with Crippen molar-refractivity contribution >= 4 is 17.6 Å². The summed E-state index contributed by atoms with van der Waals surface area (Å²) in [6.45, 7) is 9.14. The van der Waals surface area contributed by atoms with E-state index in [1.54, 1.807) is 18.7 Å². The van der Waals surface area contributed by atoms with Gasteiger partial charge in [-0.1, -0.05) is 19.0 Å². The second-order valence-electron chi connectivity index (χ2n) is 8.61. The van der Waals surface area contributed by atoms with E-state index in [2.05, 4.69) is 10.5 Å². The summed E-state index contributed by atoms with van der Waals surface area (Å²) in [6, 6.07) is -0.216. The van der Waals surface area contributed by atoms with Crippen LogP contribution in [0.3, 0.4) is 0 Å². The van der Waals surface area contributed by atoms with Crippen LogP contribution in [0.4, 0.5) is 5.82 Å². The third-order valence-electron chi connectivity index (χ3n) is 6.23. The topological polar surface area (TPSA) is 104 Å². The molecular formula is C22H30N6O3. The minimum absolute atomic E-state index is 0.0404. The molecule has 9 nitrogen and oxygen atoms in total. The Hall–Kier alpha value is -2.97. The Bertz CT molecular complexity index is 1010. The van der Waals surface area contributed by atoms with Gasteiger partial charge in [-0.3, -0.25) is 9.59 Å². The number of hydrogen-bond acceptors (Lipinski definition) is 7. The fraction of sp³-hybridized carbons (Fsp3) is 0.591. The van der Waals surface area contributed by atoms with Gasteiger partial charge in [-0.05, 0) is 32.1 Å². The molecule has 1 atom stereocenters. The standard InChI is InChI=1S/C22H30N6O3/c1-12(2)19-18(13(3)31-26-19)22(30)28-9-6-7-17(28)21-24-16-11-27(14(4)29)10-8-15(16)20(23-5)25-21/h12,17H,6-11H2,1-5H3,(H,23,24,25)/t17-/m1/s1. The van der Waals surface area contributed by atoms with E-state index < -0.39 is 0 Å². The molecule has 1 fully saturated rings. The lowest BCUT2D eigenvalue weighted by Crippen LogP contribution is -2.36. The van der Waals surface area contributed by atoms with Gasteiger partial charge in [0.2, 0.25) is 5.91 Å². The van der Waals surface area contributed by atoms with Crippen molar-refractivity contribution in [1.82, 2.24) is 24.9 Å². The third kappa shape index (κ3) is 3.77. The van der Waals surface area contributed by atoms with Gasteiger partial charge in [-0.15, -0.1) is 0 Å². The molecule has 9 heteroatoms. The summed E-state index contributed by atoms with van der Waals surface area (Å²) in [5.74, 6) is 2.00. The SMILES string of the molecule is CNc1nc([C@H]2CCCN2C(=O)c2c(C(C)C)noc2C)nc2c1CCN(C(C)=O)C2. The van der Waals surface area contributed by atoms with Gasteiger partial charge in [-0.25, -0.2) is 9.97 Å². The summed E-state index contributed by atoms with van der Waals surface area (Å²) in [4.78, 5) is 38.7. The van der Waals surface area contributed by atoms with Gasteiger partial charge < -0.3 is 19.6 Å². The van der Waals surface area contributed by atoms with Crippen LogP contribution in [-0.4, -0.2) is 56.9 Å². The van der Waals surface area contributed by atoms with Gasteiger partial charge in [0.1, 0.15) is 17.1 Å². The number of nitrogens with zero attached hydrogens (tertiary/aromatic N) is 5. The average Bonchev–Trinajstić information content (AvgIpc) is 3.39. The fourth-order valence-electron chi connectivity index (χ4n) is 4.54. The van der Waals surface area contributed by atoms with E-state index in [-0.39, 0.29) is 23.8 Å². The highest BCUT2D eigenvalue weighted by molar-refractivity contribution is 5.96. The molecule has 2 amide bonds. The van der Waals surface area contributed by atoms with E-state index in [0.717, 1.165) is 36.3 Å². The maximum absolute atomic E-state index is 13.5. The van der Waals surface area contributed by atoms with E-state index in [1.807, 2.05) is 25.8 Å². The zero-order valence-corrected chi connectivity index (χ0v) is 18.9. The average molecular weight is 427 g/mol. The van der Waals surface area contributed by atoms with Crippen molar-refractivity contribution in [3.05, 3.63) is 34.1 Å². The van der Waals surface area contributed by atoms with Crippen LogP contribution in [0.25, 0.3) is 0 Å². The smallest absolute Gasteiger partial charge is 0.260 e. The minimum atomic E-state index is -0.216. The zero-order chi connectivity index (χ0) is 22.3. The first-order chi connectivity index (χ1) is 14.8. The highest BCUT2D eigenvalue weighted by Crippen LogP contribution is 2.35. The first-order valence-electron chi connectivity index (χ1n) is 10.9. The summed E-state index contributed by atoms with van der Waals surface area (Å²) < 4.78 is 5.35. The van der Waals surface area contributed by atoms with Crippen LogP contribution in [0.15, 0.2) is 4.52 Å². The second kappa shape index (κ2) is 8.28. The fourth-order valence-corrected chi connectivity index (χ4v) is 4.54. The number of amides is 2. The molecule has 4 rings (SSSR count). The van der Waals surface area contributed by atoms with E-state index in [9.17, 15) is 9.59 Å². The molecule has 0 aliphatic carbocycles. The first-order valence-corrected chi connectivity index (χ1v) is 10.9. The van der Waals surface area contributed by atoms with E-state index >= 15 is 0 Å². The first kappa shape index (κ1) is 21.3. The molecule has 1 saturated heterocycles. The van der Waals surface area contributed by atoms with Gasteiger partial charge in [0.25, 0.3) is 5.91 Å². The number of carbonyl (C=O) groups is 2. The van der Waals surface area contributed by atoms with Gasteiger partial charge in [-0.2, -0.15) is 0 Å². The van der Waals surface area contributed by atoms with Crippen LogP contribution in [0.1, 0.15) is 84.5 Å². The molecular weight excluding hydrogens is 396 g/mol. The number of carbonyl (C=O) groups excluding carboxylic acids is 2. The van der Waals surface area contributed by atoms with Crippen LogP contribution >= 0.6 is 0 Å². The van der Waals surface area contributed by atoms with E-state index in [4.69, 9.17) is 14.5 Å². The number of rotatable bonds is 4. The Morgan fingerprint density at radius 1 is 1.23 bits per heavy atom. The summed E-state index contributed by atoms with van der Waals surface area (Å²) in [6.07, 6.45) is 2.40. The number of likely N-dealkylation sites (tertiary alicyclic amines) is 1. The van der Waals surface area contributed by atoms with Crippen LogP contribution in [0.5, 0.6) is 0 Å². The number of anilines is 1. The van der Waals surface area contributed by atoms with Crippen molar-refractivity contribution < 1.29 is 14.1 Å². The number of hydrogen-bond donors (Lipinski definition) is 1. The van der Waals surface area contributed by atoms with Crippen LogP contribution in [0.2, 0.25) is 0 Å². The molecule has 0 aromatic carbocycles. The van der Waals surface area contributed by atoms with Gasteiger partial charge in [0.05, 0.1) is 24.0 Å². The van der Waals surface area contributed by atoms with Crippen molar-refractivity contribution in [3.8, 4) is 0 Å². The van der Waals surface area contributed by atoms with Crippen molar-refractivity contribution in [3.63, 3.8) is 0 Å².